The molecule has 0 saturated heterocycles. The predicted molar refractivity (Wildman–Crippen MR) is 86.3 cm³/mol. The summed E-state index contributed by atoms with van der Waals surface area (Å²) in [5, 5.41) is 3.84. The minimum atomic E-state index is -0.141. The molecule has 0 spiro atoms. The molecule has 0 aliphatic carbocycles. The Labute approximate surface area is 136 Å². The molecule has 7 heteroatoms. The van der Waals surface area contributed by atoms with E-state index in [0.29, 0.717) is 35.2 Å². The normalized spacial score (nSPS) is 13.6. The van der Waals surface area contributed by atoms with E-state index in [1.54, 1.807) is 29.2 Å². The number of halogens is 1. The van der Waals surface area contributed by atoms with Gasteiger partial charge in [0.2, 0.25) is 5.91 Å². The Bertz CT molecular complexity index is 744. The van der Waals surface area contributed by atoms with Gasteiger partial charge in [-0.1, -0.05) is 29.0 Å². The van der Waals surface area contributed by atoms with Gasteiger partial charge in [-0.15, -0.1) is 0 Å². The molecule has 2 aromatic rings. The standard InChI is InChI=1S/C15H14ClN3O2S/c1-9(20)17-15-18-12-5-6-19(8-13(12)22-15)14(21)10-3-2-4-11(16)7-10/h2-4,7H,5-6,8H2,1H3,(H,17,18,20). The van der Waals surface area contributed by atoms with Gasteiger partial charge in [0.1, 0.15) is 0 Å². The van der Waals surface area contributed by atoms with Crippen molar-refractivity contribution in [1.82, 2.24) is 9.88 Å². The number of nitrogens with one attached hydrogen (secondary N) is 1. The maximum atomic E-state index is 12.5. The number of hydrogen-bond donors (Lipinski definition) is 1. The van der Waals surface area contributed by atoms with Crippen molar-refractivity contribution in [3.05, 3.63) is 45.4 Å². The Morgan fingerprint density at radius 3 is 2.95 bits per heavy atom. The molecule has 1 aliphatic heterocycles. The van der Waals surface area contributed by atoms with E-state index in [1.165, 1.54) is 18.3 Å². The fourth-order valence-corrected chi connectivity index (χ4v) is 3.64. The van der Waals surface area contributed by atoms with Crippen molar-refractivity contribution < 1.29 is 9.59 Å². The summed E-state index contributed by atoms with van der Waals surface area (Å²) >= 11 is 7.36. The predicted octanol–water partition coefficient (Wildman–Crippen LogP) is 2.95. The highest BCUT2D eigenvalue weighted by Gasteiger charge is 2.25. The first-order valence-electron chi connectivity index (χ1n) is 6.84. The summed E-state index contributed by atoms with van der Waals surface area (Å²) in [4.78, 5) is 30.8. The lowest BCUT2D eigenvalue weighted by Crippen LogP contribution is -2.35. The molecule has 1 aromatic heterocycles. The molecule has 0 bridgehead atoms. The highest BCUT2D eigenvalue weighted by molar-refractivity contribution is 7.15. The first-order valence-corrected chi connectivity index (χ1v) is 8.03. The highest BCUT2D eigenvalue weighted by Crippen LogP contribution is 2.29. The van der Waals surface area contributed by atoms with Gasteiger partial charge in [-0.3, -0.25) is 9.59 Å². The third-order valence-electron chi connectivity index (χ3n) is 3.37. The van der Waals surface area contributed by atoms with Crippen molar-refractivity contribution in [3.63, 3.8) is 0 Å². The van der Waals surface area contributed by atoms with Crippen molar-refractivity contribution in [1.29, 1.82) is 0 Å². The zero-order valence-electron chi connectivity index (χ0n) is 11.9. The van der Waals surface area contributed by atoms with Gasteiger partial charge >= 0.3 is 0 Å². The van der Waals surface area contributed by atoms with Crippen LogP contribution >= 0.6 is 22.9 Å². The van der Waals surface area contributed by atoms with E-state index < -0.39 is 0 Å². The van der Waals surface area contributed by atoms with Crippen molar-refractivity contribution in [2.24, 2.45) is 0 Å². The second-order valence-corrected chi connectivity index (χ2v) is 6.58. The molecule has 1 aliphatic rings. The molecule has 2 amide bonds. The smallest absolute Gasteiger partial charge is 0.254 e. The van der Waals surface area contributed by atoms with E-state index in [-0.39, 0.29) is 11.8 Å². The molecule has 0 atom stereocenters. The van der Waals surface area contributed by atoms with Gasteiger partial charge in [-0.05, 0) is 18.2 Å². The van der Waals surface area contributed by atoms with Crippen molar-refractivity contribution in [2.75, 3.05) is 11.9 Å². The molecule has 1 aromatic carbocycles. The SMILES string of the molecule is CC(=O)Nc1nc2c(s1)CN(C(=O)c1cccc(Cl)c1)CC2. The lowest BCUT2D eigenvalue weighted by atomic mass is 10.1. The largest absolute Gasteiger partial charge is 0.333 e. The average molecular weight is 336 g/mol. The summed E-state index contributed by atoms with van der Waals surface area (Å²) in [7, 11) is 0. The number of benzene rings is 1. The third kappa shape index (κ3) is 3.13. The molecular formula is C15H14ClN3O2S. The zero-order valence-corrected chi connectivity index (χ0v) is 13.5. The fraction of sp³-hybridized carbons (Fsp3) is 0.267. The lowest BCUT2D eigenvalue weighted by molar-refractivity contribution is -0.114. The number of anilines is 1. The van der Waals surface area contributed by atoms with Gasteiger partial charge in [0, 0.05) is 35.4 Å². The van der Waals surface area contributed by atoms with Crippen molar-refractivity contribution >= 4 is 39.9 Å². The Morgan fingerprint density at radius 2 is 2.23 bits per heavy atom. The van der Waals surface area contributed by atoms with Gasteiger partial charge in [0.15, 0.2) is 5.13 Å². The first kappa shape index (κ1) is 15.0. The van der Waals surface area contributed by atoms with Gasteiger partial charge in [-0.2, -0.15) is 0 Å². The Balaban J connectivity index is 1.77. The molecule has 0 unspecified atom stereocenters. The summed E-state index contributed by atoms with van der Waals surface area (Å²) in [6.07, 6.45) is 0.692. The molecular weight excluding hydrogens is 322 g/mol. The summed E-state index contributed by atoms with van der Waals surface area (Å²) in [6.45, 7) is 2.58. The van der Waals surface area contributed by atoms with Crippen molar-refractivity contribution in [3.8, 4) is 0 Å². The van der Waals surface area contributed by atoms with E-state index in [2.05, 4.69) is 10.3 Å². The maximum Gasteiger partial charge on any atom is 0.254 e. The molecule has 2 heterocycles. The van der Waals surface area contributed by atoms with Crippen LogP contribution in [0.4, 0.5) is 5.13 Å². The molecule has 1 N–H and O–H groups in total. The third-order valence-corrected chi connectivity index (χ3v) is 4.61. The van der Waals surface area contributed by atoms with Crippen LogP contribution in [0.25, 0.3) is 0 Å². The number of carbonyl (C=O) groups excluding carboxylic acids is 2. The molecule has 0 fully saturated rings. The number of rotatable bonds is 2. The molecule has 22 heavy (non-hydrogen) atoms. The monoisotopic (exact) mass is 335 g/mol. The van der Waals surface area contributed by atoms with Crippen molar-refractivity contribution in [2.45, 2.75) is 19.9 Å². The van der Waals surface area contributed by atoms with Crippen LogP contribution in [0.5, 0.6) is 0 Å². The van der Waals surface area contributed by atoms with Crippen LogP contribution < -0.4 is 5.32 Å². The summed E-state index contributed by atoms with van der Waals surface area (Å²) < 4.78 is 0. The number of carbonyl (C=O) groups is 2. The van der Waals surface area contributed by atoms with Crippen LogP contribution in [0.2, 0.25) is 5.02 Å². The van der Waals surface area contributed by atoms with E-state index >= 15 is 0 Å². The minimum absolute atomic E-state index is 0.0392. The van der Waals surface area contributed by atoms with Gasteiger partial charge in [0.25, 0.3) is 5.91 Å². The van der Waals surface area contributed by atoms with E-state index in [9.17, 15) is 9.59 Å². The number of fused-ring (bicyclic) bond motifs is 1. The van der Waals surface area contributed by atoms with E-state index in [4.69, 9.17) is 11.6 Å². The second kappa shape index (κ2) is 6.06. The fourth-order valence-electron chi connectivity index (χ4n) is 2.38. The number of hydrogen-bond acceptors (Lipinski definition) is 4. The Hall–Kier alpha value is -1.92. The number of nitrogens with zero attached hydrogens (tertiary/aromatic N) is 2. The van der Waals surface area contributed by atoms with Gasteiger partial charge < -0.3 is 10.2 Å². The topological polar surface area (TPSA) is 62.3 Å². The molecule has 5 nitrogen and oxygen atoms in total. The quantitative estimate of drug-likeness (QED) is 0.917. The van der Waals surface area contributed by atoms with Crippen LogP contribution in [-0.4, -0.2) is 28.2 Å². The van der Waals surface area contributed by atoms with Gasteiger partial charge in [-0.25, -0.2) is 4.98 Å². The van der Waals surface area contributed by atoms with Crippen LogP contribution in [-0.2, 0) is 17.8 Å². The molecule has 114 valence electrons. The molecule has 0 radical (unpaired) electrons. The number of thiazole rings is 1. The van der Waals surface area contributed by atoms with Crippen LogP contribution in [0, 0.1) is 0 Å². The van der Waals surface area contributed by atoms with E-state index in [1.807, 2.05) is 0 Å². The highest BCUT2D eigenvalue weighted by atomic mass is 35.5. The minimum Gasteiger partial charge on any atom is -0.333 e. The Morgan fingerprint density at radius 1 is 1.41 bits per heavy atom. The maximum absolute atomic E-state index is 12.5. The second-order valence-electron chi connectivity index (χ2n) is 5.06. The summed E-state index contributed by atoms with van der Waals surface area (Å²) in [6, 6.07) is 6.95. The molecule has 3 rings (SSSR count). The molecule has 0 saturated carbocycles. The summed E-state index contributed by atoms with van der Waals surface area (Å²) in [5.74, 6) is -0.180. The number of amides is 2. The van der Waals surface area contributed by atoms with Crippen LogP contribution in [0.3, 0.4) is 0 Å². The first-order chi connectivity index (χ1) is 10.5. The van der Waals surface area contributed by atoms with Crippen LogP contribution in [0.1, 0.15) is 27.9 Å². The zero-order chi connectivity index (χ0) is 15.7. The Kier molecular flexibility index (Phi) is 4.13. The number of aromatic nitrogens is 1. The average Bonchev–Trinajstić information content (AvgIpc) is 2.86. The lowest BCUT2D eigenvalue weighted by Gasteiger charge is -2.26. The van der Waals surface area contributed by atoms with E-state index in [0.717, 1.165) is 10.6 Å². The summed E-state index contributed by atoms with van der Waals surface area (Å²) in [5.41, 5.74) is 1.55. The van der Waals surface area contributed by atoms with Gasteiger partial charge in [0.05, 0.1) is 12.2 Å². The van der Waals surface area contributed by atoms with Crippen LogP contribution in [0.15, 0.2) is 24.3 Å².